The third-order valence-corrected chi connectivity index (χ3v) is 4.85. The van der Waals surface area contributed by atoms with E-state index >= 15 is 0 Å². The summed E-state index contributed by atoms with van der Waals surface area (Å²) >= 11 is 0. The van der Waals surface area contributed by atoms with Crippen LogP contribution in [0.4, 0.5) is 5.95 Å². The third kappa shape index (κ3) is 4.17. The van der Waals surface area contributed by atoms with E-state index in [1.807, 2.05) is 56.3 Å². The lowest BCUT2D eigenvalue weighted by Gasteiger charge is -2.08. The lowest BCUT2D eigenvalue weighted by Crippen LogP contribution is -2.09. The fraction of sp³-hybridized carbons (Fsp3) is 0.208. The highest BCUT2D eigenvalue weighted by molar-refractivity contribution is 5.79. The van der Waals surface area contributed by atoms with Gasteiger partial charge in [0, 0.05) is 28.4 Å². The number of rotatable bonds is 5. The van der Waals surface area contributed by atoms with Crippen LogP contribution in [0, 0.1) is 13.8 Å². The summed E-state index contributed by atoms with van der Waals surface area (Å²) < 4.78 is 11.5. The standard InChI is InChI=1S/C24H24N4O2/c1-5-17-6-11-22-20(13-17)21(27-28-24-25-15(2)12-16(3)26-24)14-23(30-22)18-7-9-19(29-4)10-8-18/h6-14H,5H2,1-4H3,(H,25,26,28). The fourth-order valence-corrected chi connectivity index (χ4v) is 3.31. The molecular weight excluding hydrogens is 376 g/mol. The normalized spacial score (nSPS) is 11.7. The van der Waals surface area contributed by atoms with Crippen molar-refractivity contribution in [3.8, 4) is 17.1 Å². The molecule has 30 heavy (non-hydrogen) atoms. The largest absolute Gasteiger partial charge is 0.497 e. The van der Waals surface area contributed by atoms with E-state index in [0.29, 0.717) is 5.95 Å². The second-order valence-electron chi connectivity index (χ2n) is 7.11. The topological polar surface area (TPSA) is 72.5 Å². The maximum absolute atomic E-state index is 6.19. The van der Waals surface area contributed by atoms with E-state index in [1.165, 1.54) is 5.56 Å². The van der Waals surface area contributed by atoms with Crippen LogP contribution in [0.2, 0.25) is 0 Å². The van der Waals surface area contributed by atoms with Crippen LogP contribution in [0.25, 0.3) is 22.3 Å². The number of methoxy groups -OCH3 is 1. The first-order valence-electron chi connectivity index (χ1n) is 9.89. The summed E-state index contributed by atoms with van der Waals surface area (Å²) in [6.07, 6.45) is 0.934. The molecule has 2 heterocycles. The number of aryl methyl sites for hydroxylation is 3. The van der Waals surface area contributed by atoms with Gasteiger partial charge in [0.1, 0.15) is 17.1 Å². The molecule has 0 saturated heterocycles. The molecule has 0 unspecified atom stereocenters. The highest BCUT2D eigenvalue weighted by Gasteiger charge is 2.08. The lowest BCUT2D eigenvalue weighted by atomic mass is 10.1. The van der Waals surface area contributed by atoms with Crippen molar-refractivity contribution >= 4 is 16.9 Å². The van der Waals surface area contributed by atoms with Gasteiger partial charge in [0.15, 0.2) is 0 Å². The van der Waals surface area contributed by atoms with Gasteiger partial charge in [-0.3, -0.25) is 0 Å². The molecule has 0 bridgehead atoms. The first kappa shape index (κ1) is 19.6. The zero-order chi connectivity index (χ0) is 21.1. The SMILES string of the molecule is CCc1ccc2oc(-c3ccc(OC)cc3)cc(=NNc3nc(C)cc(C)n3)c2c1. The van der Waals surface area contributed by atoms with Crippen LogP contribution in [0.15, 0.2) is 64.1 Å². The zero-order valence-corrected chi connectivity index (χ0v) is 17.6. The highest BCUT2D eigenvalue weighted by Crippen LogP contribution is 2.25. The van der Waals surface area contributed by atoms with E-state index in [-0.39, 0.29) is 0 Å². The van der Waals surface area contributed by atoms with Crippen molar-refractivity contribution in [2.24, 2.45) is 5.10 Å². The van der Waals surface area contributed by atoms with E-state index in [1.54, 1.807) is 7.11 Å². The first-order valence-corrected chi connectivity index (χ1v) is 9.89. The van der Waals surface area contributed by atoms with Gasteiger partial charge in [-0.2, -0.15) is 5.10 Å². The Labute approximate surface area is 175 Å². The van der Waals surface area contributed by atoms with Gasteiger partial charge in [-0.15, -0.1) is 0 Å². The fourth-order valence-electron chi connectivity index (χ4n) is 3.31. The second-order valence-corrected chi connectivity index (χ2v) is 7.11. The molecule has 0 spiro atoms. The predicted molar refractivity (Wildman–Crippen MR) is 118 cm³/mol. The van der Waals surface area contributed by atoms with Gasteiger partial charge >= 0.3 is 0 Å². The number of hydrogen-bond donors (Lipinski definition) is 1. The van der Waals surface area contributed by atoms with Crippen LogP contribution in [0.3, 0.4) is 0 Å². The van der Waals surface area contributed by atoms with E-state index < -0.39 is 0 Å². The number of nitrogens with zero attached hydrogens (tertiary/aromatic N) is 3. The number of nitrogens with one attached hydrogen (secondary N) is 1. The molecule has 0 amide bonds. The second kappa shape index (κ2) is 8.37. The molecule has 2 aromatic heterocycles. The minimum Gasteiger partial charge on any atom is -0.497 e. The molecule has 0 aliphatic rings. The number of aromatic nitrogens is 2. The minimum atomic E-state index is 0.471. The van der Waals surface area contributed by atoms with Crippen LogP contribution in [0.5, 0.6) is 5.75 Å². The highest BCUT2D eigenvalue weighted by atomic mass is 16.5. The van der Waals surface area contributed by atoms with Crippen molar-refractivity contribution < 1.29 is 9.15 Å². The van der Waals surface area contributed by atoms with E-state index in [4.69, 9.17) is 9.15 Å². The number of anilines is 1. The molecule has 152 valence electrons. The summed E-state index contributed by atoms with van der Waals surface area (Å²) in [7, 11) is 1.65. The summed E-state index contributed by atoms with van der Waals surface area (Å²) in [4.78, 5) is 8.82. The predicted octanol–water partition coefficient (Wildman–Crippen LogP) is 5.01. The molecule has 0 aliphatic heterocycles. The average Bonchev–Trinajstić information content (AvgIpc) is 2.76. The molecule has 6 heteroatoms. The average molecular weight is 400 g/mol. The van der Waals surface area contributed by atoms with Crippen LogP contribution >= 0.6 is 0 Å². The Morgan fingerprint density at radius 3 is 2.37 bits per heavy atom. The van der Waals surface area contributed by atoms with Gasteiger partial charge in [-0.25, -0.2) is 15.4 Å². The maximum Gasteiger partial charge on any atom is 0.243 e. The Balaban J connectivity index is 1.85. The van der Waals surface area contributed by atoms with Crippen molar-refractivity contribution in [2.45, 2.75) is 27.2 Å². The summed E-state index contributed by atoms with van der Waals surface area (Å²) in [5.41, 5.74) is 7.71. The number of fused-ring (bicyclic) bond motifs is 1. The van der Waals surface area contributed by atoms with Gasteiger partial charge < -0.3 is 9.15 Å². The summed E-state index contributed by atoms with van der Waals surface area (Å²) in [6.45, 7) is 6.00. The Morgan fingerprint density at radius 1 is 0.967 bits per heavy atom. The molecule has 0 fully saturated rings. The number of benzene rings is 2. The molecule has 0 atom stereocenters. The number of ether oxygens (including phenoxy) is 1. The van der Waals surface area contributed by atoms with Crippen molar-refractivity contribution in [3.05, 3.63) is 76.9 Å². The Morgan fingerprint density at radius 2 is 1.70 bits per heavy atom. The van der Waals surface area contributed by atoms with Gasteiger partial charge in [-0.05, 0) is 68.3 Å². The van der Waals surface area contributed by atoms with Crippen LogP contribution in [-0.2, 0) is 6.42 Å². The molecule has 0 saturated carbocycles. The summed E-state index contributed by atoms with van der Waals surface area (Å²) in [6, 6.07) is 17.8. The van der Waals surface area contributed by atoms with Gasteiger partial charge in [0.2, 0.25) is 5.95 Å². The first-order chi connectivity index (χ1) is 14.6. The maximum atomic E-state index is 6.19. The van der Waals surface area contributed by atoms with E-state index in [2.05, 4.69) is 39.6 Å². The zero-order valence-electron chi connectivity index (χ0n) is 17.6. The molecule has 1 N–H and O–H groups in total. The molecule has 2 aromatic carbocycles. The van der Waals surface area contributed by atoms with Gasteiger partial charge in [-0.1, -0.05) is 13.0 Å². The Bertz CT molecular complexity index is 1240. The molecule has 4 aromatic rings. The quantitative estimate of drug-likeness (QED) is 0.477. The Hall–Kier alpha value is -3.67. The Kier molecular flexibility index (Phi) is 5.48. The van der Waals surface area contributed by atoms with Crippen LogP contribution in [-0.4, -0.2) is 17.1 Å². The molecule has 0 radical (unpaired) electrons. The monoisotopic (exact) mass is 400 g/mol. The summed E-state index contributed by atoms with van der Waals surface area (Å²) in [5.74, 6) is 1.99. The molecule has 6 nitrogen and oxygen atoms in total. The van der Waals surface area contributed by atoms with Crippen molar-refractivity contribution in [2.75, 3.05) is 12.5 Å². The third-order valence-electron chi connectivity index (χ3n) is 4.85. The van der Waals surface area contributed by atoms with Crippen molar-refractivity contribution in [3.63, 3.8) is 0 Å². The van der Waals surface area contributed by atoms with Crippen LogP contribution in [0.1, 0.15) is 23.9 Å². The smallest absolute Gasteiger partial charge is 0.243 e. The number of hydrogen-bond acceptors (Lipinski definition) is 6. The molecule has 0 aliphatic carbocycles. The van der Waals surface area contributed by atoms with Gasteiger partial charge in [0.05, 0.1) is 12.5 Å². The molecular formula is C24H24N4O2. The van der Waals surface area contributed by atoms with Crippen molar-refractivity contribution in [1.82, 2.24) is 9.97 Å². The van der Waals surface area contributed by atoms with Crippen LogP contribution < -0.4 is 15.5 Å². The van der Waals surface area contributed by atoms with Crippen molar-refractivity contribution in [1.29, 1.82) is 0 Å². The van der Waals surface area contributed by atoms with E-state index in [9.17, 15) is 0 Å². The van der Waals surface area contributed by atoms with E-state index in [0.717, 1.165) is 51.2 Å². The van der Waals surface area contributed by atoms with Gasteiger partial charge in [0.25, 0.3) is 0 Å². The molecule has 4 rings (SSSR count). The minimum absolute atomic E-state index is 0.471. The summed E-state index contributed by atoms with van der Waals surface area (Å²) in [5, 5.41) is 6.32. The lowest BCUT2D eigenvalue weighted by molar-refractivity contribution is 0.415.